The standard InChI is InChI=1S/C17H36N2O3Si/c1-13(12-18-5)19(16(20)21)14-8-10-15(11-9-14)22-23(6,7)17(2,3)4/h13-15,18H,8-12H2,1-7H3,(H,20,21)/t13-,14?,15?/m0/s1. The fourth-order valence-electron chi connectivity index (χ4n) is 3.13. The Morgan fingerprint density at radius 3 is 2.22 bits per heavy atom. The highest BCUT2D eigenvalue weighted by molar-refractivity contribution is 6.74. The van der Waals surface area contributed by atoms with Gasteiger partial charge in [0.2, 0.25) is 0 Å². The molecule has 0 radical (unpaired) electrons. The van der Waals surface area contributed by atoms with Crippen LogP contribution in [0.3, 0.4) is 0 Å². The van der Waals surface area contributed by atoms with E-state index in [1.54, 1.807) is 4.90 Å². The molecule has 2 N–H and O–H groups in total. The van der Waals surface area contributed by atoms with E-state index in [1.807, 2.05) is 14.0 Å². The number of hydrogen-bond acceptors (Lipinski definition) is 3. The summed E-state index contributed by atoms with van der Waals surface area (Å²) in [5.74, 6) is 0. The smallest absolute Gasteiger partial charge is 0.407 e. The third kappa shape index (κ3) is 5.47. The first-order valence-electron chi connectivity index (χ1n) is 8.83. The van der Waals surface area contributed by atoms with Crippen molar-refractivity contribution < 1.29 is 14.3 Å². The molecule has 1 aliphatic carbocycles. The van der Waals surface area contributed by atoms with Crippen molar-refractivity contribution in [3.63, 3.8) is 0 Å². The first kappa shape index (κ1) is 20.5. The van der Waals surface area contributed by atoms with Crippen LogP contribution < -0.4 is 5.32 Å². The molecule has 6 heteroatoms. The van der Waals surface area contributed by atoms with Gasteiger partial charge in [-0.3, -0.25) is 0 Å². The molecule has 0 aromatic heterocycles. The van der Waals surface area contributed by atoms with E-state index in [-0.39, 0.29) is 17.1 Å². The summed E-state index contributed by atoms with van der Waals surface area (Å²) in [6.45, 7) is 14.0. The molecule has 0 unspecified atom stereocenters. The maximum atomic E-state index is 11.6. The van der Waals surface area contributed by atoms with Crippen molar-refractivity contribution >= 4 is 14.4 Å². The summed E-state index contributed by atoms with van der Waals surface area (Å²) in [4.78, 5) is 13.3. The first-order chi connectivity index (χ1) is 10.5. The molecule has 1 aliphatic rings. The Morgan fingerprint density at radius 1 is 1.30 bits per heavy atom. The largest absolute Gasteiger partial charge is 0.465 e. The average molecular weight is 345 g/mol. The Balaban J connectivity index is 2.62. The molecule has 23 heavy (non-hydrogen) atoms. The van der Waals surface area contributed by atoms with Crippen LogP contribution in [0, 0.1) is 0 Å². The van der Waals surface area contributed by atoms with E-state index >= 15 is 0 Å². The number of carboxylic acid groups (broad SMARTS) is 1. The first-order valence-corrected chi connectivity index (χ1v) is 11.7. The van der Waals surface area contributed by atoms with Crippen molar-refractivity contribution in [3.8, 4) is 0 Å². The van der Waals surface area contributed by atoms with Crippen LogP contribution in [-0.2, 0) is 4.43 Å². The van der Waals surface area contributed by atoms with Crippen LogP contribution >= 0.6 is 0 Å². The van der Waals surface area contributed by atoms with Gasteiger partial charge in [-0.25, -0.2) is 4.79 Å². The third-order valence-electron chi connectivity index (χ3n) is 5.50. The summed E-state index contributed by atoms with van der Waals surface area (Å²) >= 11 is 0. The predicted molar refractivity (Wildman–Crippen MR) is 97.6 cm³/mol. The zero-order valence-corrected chi connectivity index (χ0v) is 17.0. The minimum absolute atomic E-state index is 0.000333. The maximum Gasteiger partial charge on any atom is 0.407 e. The topological polar surface area (TPSA) is 61.8 Å². The van der Waals surface area contributed by atoms with Gasteiger partial charge in [-0.2, -0.15) is 0 Å². The van der Waals surface area contributed by atoms with E-state index in [1.165, 1.54) is 0 Å². The SMILES string of the molecule is CNC[C@H](C)N(C(=O)O)C1CCC(O[Si](C)(C)C(C)(C)C)CC1. The lowest BCUT2D eigenvalue weighted by Gasteiger charge is -2.43. The lowest BCUT2D eigenvalue weighted by molar-refractivity contribution is 0.0578. The predicted octanol–water partition coefficient (Wildman–Crippen LogP) is 3.91. The fraction of sp³-hybridized carbons (Fsp3) is 0.941. The number of hydrogen-bond donors (Lipinski definition) is 2. The third-order valence-corrected chi connectivity index (χ3v) is 10.0. The molecule has 136 valence electrons. The summed E-state index contributed by atoms with van der Waals surface area (Å²) < 4.78 is 6.50. The quantitative estimate of drug-likeness (QED) is 0.717. The van der Waals surface area contributed by atoms with Crippen LogP contribution in [0.25, 0.3) is 0 Å². The Hall–Kier alpha value is -0.593. The second-order valence-electron chi connectivity index (χ2n) is 8.41. The number of likely N-dealkylation sites (N-methyl/N-ethyl adjacent to an activating group) is 1. The van der Waals surface area contributed by atoms with E-state index < -0.39 is 14.4 Å². The Bertz CT molecular complexity index is 388. The number of carbonyl (C=O) groups is 1. The van der Waals surface area contributed by atoms with Crippen LogP contribution in [0.1, 0.15) is 53.4 Å². The molecule has 1 rings (SSSR count). The summed E-state index contributed by atoms with van der Waals surface area (Å²) in [5, 5.41) is 12.9. The monoisotopic (exact) mass is 344 g/mol. The van der Waals surface area contributed by atoms with Gasteiger partial charge in [0.1, 0.15) is 0 Å². The molecule has 1 amide bonds. The van der Waals surface area contributed by atoms with Crippen LogP contribution in [0.15, 0.2) is 0 Å². The maximum absolute atomic E-state index is 11.6. The minimum Gasteiger partial charge on any atom is -0.465 e. The molecular weight excluding hydrogens is 308 g/mol. The molecule has 1 atom stereocenters. The molecule has 5 nitrogen and oxygen atoms in total. The zero-order chi connectivity index (χ0) is 17.8. The van der Waals surface area contributed by atoms with Crippen molar-refractivity contribution in [2.24, 2.45) is 0 Å². The number of nitrogens with zero attached hydrogens (tertiary/aromatic N) is 1. The van der Waals surface area contributed by atoms with E-state index in [9.17, 15) is 9.90 Å². The van der Waals surface area contributed by atoms with E-state index in [2.05, 4.69) is 39.2 Å². The van der Waals surface area contributed by atoms with Gasteiger partial charge in [-0.1, -0.05) is 20.8 Å². The second-order valence-corrected chi connectivity index (χ2v) is 13.2. The van der Waals surface area contributed by atoms with Gasteiger partial charge in [-0.15, -0.1) is 0 Å². The summed E-state index contributed by atoms with van der Waals surface area (Å²) in [6.07, 6.45) is 3.23. The molecule has 1 saturated carbocycles. The van der Waals surface area contributed by atoms with Crippen LogP contribution in [0.4, 0.5) is 4.79 Å². The molecule has 0 saturated heterocycles. The zero-order valence-electron chi connectivity index (χ0n) is 16.0. The molecule has 0 spiro atoms. The van der Waals surface area contributed by atoms with Gasteiger partial charge in [0.25, 0.3) is 0 Å². The van der Waals surface area contributed by atoms with Crippen LogP contribution in [0.2, 0.25) is 18.1 Å². The lowest BCUT2D eigenvalue weighted by Crippen LogP contribution is -2.51. The average Bonchev–Trinajstić information content (AvgIpc) is 2.39. The van der Waals surface area contributed by atoms with Crippen LogP contribution in [0.5, 0.6) is 0 Å². The Kier molecular flexibility index (Phi) is 7.10. The lowest BCUT2D eigenvalue weighted by atomic mass is 9.91. The molecule has 0 aliphatic heterocycles. The van der Waals surface area contributed by atoms with Gasteiger partial charge >= 0.3 is 6.09 Å². The summed E-state index contributed by atoms with van der Waals surface area (Å²) in [6, 6.07) is 0.121. The fourth-order valence-corrected chi connectivity index (χ4v) is 4.56. The van der Waals surface area contributed by atoms with Crippen molar-refractivity contribution in [2.75, 3.05) is 13.6 Å². The molecule has 0 bridgehead atoms. The number of rotatable bonds is 6. The van der Waals surface area contributed by atoms with E-state index in [4.69, 9.17) is 4.43 Å². The minimum atomic E-state index is -1.74. The van der Waals surface area contributed by atoms with Crippen molar-refractivity contribution in [1.29, 1.82) is 0 Å². The van der Waals surface area contributed by atoms with Crippen molar-refractivity contribution in [1.82, 2.24) is 10.2 Å². The van der Waals surface area contributed by atoms with Gasteiger partial charge < -0.3 is 19.7 Å². The highest BCUT2D eigenvalue weighted by Gasteiger charge is 2.40. The van der Waals surface area contributed by atoms with Crippen molar-refractivity contribution in [3.05, 3.63) is 0 Å². The summed E-state index contributed by atoms with van der Waals surface area (Å²) in [5.41, 5.74) is 0. The van der Waals surface area contributed by atoms with Crippen LogP contribution in [-0.4, -0.2) is 56.2 Å². The van der Waals surface area contributed by atoms with Gasteiger partial charge in [0.15, 0.2) is 8.32 Å². The van der Waals surface area contributed by atoms with Gasteiger partial charge in [0, 0.05) is 24.7 Å². The molecule has 0 aromatic carbocycles. The molecular formula is C17H36N2O3Si. The Morgan fingerprint density at radius 2 is 1.83 bits per heavy atom. The molecule has 0 heterocycles. The Labute approximate surface area is 142 Å². The second kappa shape index (κ2) is 7.99. The number of nitrogens with one attached hydrogen (secondary N) is 1. The van der Waals surface area contributed by atoms with Crippen molar-refractivity contribution in [2.45, 2.75) is 89.7 Å². The highest BCUT2D eigenvalue weighted by atomic mass is 28.4. The van der Waals surface area contributed by atoms with E-state index in [0.717, 1.165) is 25.7 Å². The number of amides is 1. The normalized spacial score (nSPS) is 24.3. The highest BCUT2D eigenvalue weighted by Crippen LogP contribution is 2.39. The molecule has 0 aromatic rings. The summed E-state index contributed by atoms with van der Waals surface area (Å²) in [7, 11) is 0.124. The van der Waals surface area contributed by atoms with E-state index in [0.29, 0.717) is 12.6 Å². The van der Waals surface area contributed by atoms with Gasteiger partial charge in [-0.05, 0) is 57.8 Å². The van der Waals surface area contributed by atoms with Gasteiger partial charge in [0.05, 0.1) is 0 Å². The molecule has 1 fully saturated rings.